The molecule has 0 aliphatic carbocycles. The number of carbonyl (C=O) groups excluding carboxylic acids is 1. The predicted octanol–water partition coefficient (Wildman–Crippen LogP) is 3.02. The maximum atomic E-state index is 12.6. The van der Waals surface area contributed by atoms with Crippen molar-refractivity contribution in [3.05, 3.63) is 65.2 Å². The van der Waals surface area contributed by atoms with Gasteiger partial charge in [-0.1, -0.05) is 56.3 Å². The first-order chi connectivity index (χ1) is 11.6. The second-order valence-corrected chi connectivity index (χ2v) is 6.97. The molecule has 3 heteroatoms. The summed E-state index contributed by atoms with van der Waals surface area (Å²) < 4.78 is 0. The maximum Gasteiger partial charge on any atom is 0.282 e. The Labute approximate surface area is 144 Å². The van der Waals surface area contributed by atoms with Gasteiger partial charge in [-0.3, -0.25) is 4.79 Å². The van der Waals surface area contributed by atoms with Gasteiger partial charge in [-0.15, -0.1) is 0 Å². The number of nitrogens with zero attached hydrogens (tertiary/aromatic N) is 1. The first-order valence-corrected chi connectivity index (χ1v) is 8.87. The van der Waals surface area contributed by atoms with Crippen molar-refractivity contribution < 1.29 is 10.1 Å². The lowest BCUT2D eigenvalue weighted by Crippen LogP contribution is -2.87. The van der Waals surface area contributed by atoms with Crippen molar-refractivity contribution in [1.29, 1.82) is 0 Å². The van der Waals surface area contributed by atoms with Gasteiger partial charge in [0.2, 0.25) is 0 Å². The highest BCUT2D eigenvalue weighted by Crippen LogP contribution is 2.27. The molecule has 1 atom stereocenters. The van der Waals surface area contributed by atoms with Gasteiger partial charge in [0.25, 0.3) is 5.91 Å². The number of amides is 1. The highest BCUT2D eigenvalue weighted by atomic mass is 16.2. The van der Waals surface area contributed by atoms with Crippen molar-refractivity contribution in [3.8, 4) is 0 Å². The molecule has 1 heterocycles. The van der Waals surface area contributed by atoms with Crippen LogP contribution in [0.25, 0.3) is 0 Å². The van der Waals surface area contributed by atoms with Crippen molar-refractivity contribution in [1.82, 2.24) is 0 Å². The lowest BCUT2D eigenvalue weighted by atomic mass is 9.99. The lowest BCUT2D eigenvalue weighted by molar-refractivity contribution is -0.682. The monoisotopic (exact) mass is 323 g/mol. The molecule has 1 aliphatic rings. The standard InChI is InChI=1S/C21H26N2O/c1-15(2)17-8-10-18(11-9-17)16(3)22-14-21(24)23-13-12-19-6-4-5-7-20(19)23/h4-11,15-16,22H,12-14H2,1-3H3/p+1/t16-/m0/s1. The fourth-order valence-corrected chi connectivity index (χ4v) is 3.31. The van der Waals surface area contributed by atoms with Crippen LogP contribution in [-0.4, -0.2) is 19.0 Å². The Balaban J connectivity index is 1.58. The quantitative estimate of drug-likeness (QED) is 0.902. The van der Waals surface area contributed by atoms with E-state index in [4.69, 9.17) is 0 Å². The van der Waals surface area contributed by atoms with Crippen LogP contribution in [0.2, 0.25) is 0 Å². The predicted molar refractivity (Wildman–Crippen MR) is 98.2 cm³/mol. The van der Waals surface area contributed by atoms with E-state index in [9.17, 15) is 4.79 Å². The molecule has 126 valence electrons. The minimum absolute atomic E-state index is 0.200. The molecule has 0 fully saturated rings. The van der Waals surface area contributed by atoms with Gasteiger partial charge in [-0.25, -0.2) is 0 Å². The number of nitrogens with two attached hydrogens (primary N) is 1. The van der Waals surface area contributed by atoms with Crippen LogP contribution in [0.15, 0.2) is 48.5 Å². The van der Waals surface area contributed by atoms with E-state index in [1.54, 1.807) is 0 Å². The zero-order chi connectivity index (χ0) is 17.1. The Hall–Kier alpha value is -2.13. The highest BCUT2D eigenvalue weighted by Gasteiger charge is 2.25. The summed E-state index contributed by atoms with van der Waals surface area (Å²) in [4.78, 5) is 14.5. The first kappa shape index (κ1) is 16.7. The van der Waals surface area contributed by atoms with Crippen LogP contribution in [0, 0.1) is 0 Å². The van der Waals surface area contributed by atoms with Crippen LogP contribution in [-0.2, 0) is 11.2 Å². The van der Waals surface area contributed by atoms with Gasteiger partial charge in [0, 0.05) is 17.8 Å². The summed E-state index contributed by atoms with van der Waals surface area (Å²) in [7, 11) is 0. The molecule has 2 N–H and O–H groups in total. The number of fused-ring (bicyclic) bond motifs is 1. The number of anilines is 1. The Bertz CT molecular complexity index is 706. The van der Waals surface area contributed by atoms with E-state index in [2.05, 4.69) is 56.4 Å². The number of para-hydroxylation sites is 1. The van der Waals surface area contributed by atoms with E-state index in [0.29, 0.717) is 12.5 Å². The highest BCUT2D eigenvalue weighted by molar-refractivity contribution is 5.96. The number of benzene rings is 2. The number of quaternary nitrogens is 1. The molecule has 3 nitrogen and oxygen atoms in total. The number of hydrogen-bond donors (Lipinski definition) is 1. The average Bonchev–Trinajstić information content (AvgIpc) is 3.03. The van der Waals surface area contributed by atoms with Gasteiger partial charge in [-0.2, -0.15) is 0 Å². The molecule has 24 heavy (non-hydrogen) atoms. The van der Waals surface area contributed by atoms with Gasteiger partial charge in [0.05, 0.1) is 0 Å². The van der Waals surface area contributed by atoms with Crippen LogP contribution >= 0.6 is 0 Å². The van der Waals surface area contributed by atoms with Crippen molar-refractivity contribution in [2.45, 2.75) is 39.2 Å². The van der Waals surface area contributed by atoms with Crippen molar-refractivity contribution in [3.63, 3.8) is 0 Å². The molecule has 3 rings (SSSR count). The third-order valence-corrected chi connectivity index (χ3v) is 4.96. The van der Waals surface area contributed by atoms with E-state index in [1.165, 1.54) is 16.7 Å². The Morgan fingerprint density at radius 1 is 1.04 bits per heavy atom. The molecule has 0 saturated heterocycles. The van der Waals surface area contributed by atoms with E-state index >= 15 is 0 Å². The number of rotatable bonds is 5. The summed E-state index contributed by atoms with van der Waals surface area (Å²) in [5.74, 6) is 0.751. The van der Waals surface area contributed by atoms with Gasteiger partial charge in [0.1, 0.15) is 6.04 Å². The Morgan fingerprint density at radius 2 is 1.71 bits per heavy atom. The molecule has 2 aromatic carbocycles. The van der Waals surface area contributed by atoms with E-state index in [-0.39, 0.29) is 11.9 Å². The molecule has 0 saturated carbocycles. The second kappa shape index (κ2) is 7.18. The normalized spacial score (nSPS) is 14.8. The molecular formula is C21H27N2O+. The zero-order valence-corrected chi connectivity index (χ0v) is 14.8. The Morgan fingerprint density at radius 3 is 2.42 bits per heavy atom. The van der Waals surface area contributed by atoms with E-state index in [0.717, 1.165) is 18.7 Å². The van der Waals surface area contributed by atoms with Crippen molar-refractivity contribution in [2.75, 3.05) is 18.0 Å². The average molecular weight is 323 g/mol. The SMILES string of the molecule is CC(C)c1ccc([C@H](C)[NH2+]CC(=O)N2CCc3ccccc32)cc1. The molecular weight excluding hydrogens is 296 g/mol. The summed E-state index contributed by atoms with van der Waals surface area (Å²) in [5.41, 5.74) is 5.00. The number of carbonyl (C=O) groups is 1. The summed E-state index contributed by atoms with van der Waals surface area (Å²) in [6.07, 6.45) is 0.966. The third-order valence-electron chi connectivity index (χ3n) is 4.96. The van der Waals surface area contributed by atoms with Crippen LogP contribution in [0.5, 0.6) is 0 Å². The molecule has 1 amide bonds. The second-order valence-electron chi connectivity index (χ2n) is 6.97. The zero-order valence-electron chi connectivity index (χ0n) is 14.8. The molecule has 1 aliphatic heterocycles. The van der Waals surface area contributed by atoms with Crippen LogP contribution in [0.4, 0.5) is 5.69 Å². The largest absolute Gasteiger partial charge is 0.333 e. The van der Waals surface area contributed by atoms with Crippen LogP contribution in [0.3, 0.4) is 0 Å². The summed E-state index contributed by atoms with van der Waals surface area (Å²) in [5, 5.41) is 2.13. The minimum atomic E-state index is 0.200. The fraction of sp³-hybridized carbons (Fsp3) is 0.381. The smallest absolute Gasteiger partial charge is 0.282 e. The summed E-state index contributed by atoms with van der Waals surface area (Å²) >= 11 is 0. The van der Waals surface area contributed by atoms with E-state index in [1.807, 2.05) is 23.1 Å². The lowest BCUT2D eigenvalue weighted by Gasteiger charge is -2.18. The molecule has 0 aromatic heterocycles. The van der Waals surface area contributed by atoms with Crippen molar-refractivity contribution >= 4 is 11.6 Å². The van der Waals surface area contributed by atoms with Gasteiger partial charge >= 0.3 is 0 Å². The van der Waals surface area contributed by atoms with Gasteiger partial charge < -0.3 is 10.2 Å². The molecule has 0 unspecified atom stereocenters. The molecule has 0 spiro atoms. The molecule has 0 radical (unpaired) electrons. The summed E-state index contributed by atoms with van der Waals surface area (Å²) in [6.45, 7) is 7.87. The third kappa shape index (κ3) is 3.51. The maximum absolute atomic E-state index is 12.6. The summed E-state index contributed by atoms with van der Waals surface area (Å²) in [6, 6.07) is 17.3. The van der Waals surface area contributed by atoms with E-state index < -0.39 is 0 Å². The molecule has 0 bridgehead atoms. The Kier molecular flexibility index (Phi) is 5.00. The van der Waals surface area contributed by atoms with Crippen molar-refractivity contribution in [2.24, 2.45) is 0 Å². The minimum Gasteiger partial charge on any atom is -0.333 e. The number of hydrogen-bond acceptors (Lipinski definition) is 1. The first-order valence-electron chi connectivity index (χ1n) is 8.87. The van der Waals surface area contributed by atoms with Crippen LogP contribution < -0.4 is 10.2 Å². The van der Waals surface area contributed by atoms with Gasteiger partial charge in [0.15, 0.2) is 6.54 Å². The molecule has 2 aromatic rings. The van der Waals surface area contributed by atoms with Gasteiger partial charge in [-0.05, 0) is 36.5 Å². The topological polar surface area (TPSA) is 36.9 Å². The fourth-order valence-electron chi connectivity index (χ4n) is 3.31. The van der Waals surface area contributed by atoms with Crippen LogP contribution in [0.1, 0.15) is 49.4 Å².